The second-order valence-corrected chi connectivity index (χ2v) is 3.67. The molecule has 18 heavy (non-hydrogen) atoms. The molecule has 2 aromatic carbocycles. The molecule has 0 saturated heterocycles. The maximum absolute atomic E-state index is 5.61. The first kappa shape index (κ1) is 16.4. The molecule has 0 heterocycles. The molecule has 0 bridgehead atoms. The van der Waals surface area contributed by atoms with Gasteiger partial charge in [-0.1, -0.05) is 36.4 Å². The van der Waals surface area contributed by atoms with Crippen molar-refractivity contribution in [1.29, 1.82) is 0 Å². The van der Waals surface area contributed by atoms with Crippen LogP contribution in [0.25, 0.3) is 12.2 Å². The highest BCUT2D eigenvalue weighted by Crippen LogP contribution is 2.11. The van der Waals surface area contributed by atoms with Crippen LogP contribution in [0.2, 0.25) is 0 Å². The van der Waals surface area contributed by atoms with Crippen molar-refractivity contribution in [2.45, 2.75) is 0 Å². The Kier molecular flexibility index (Phi) is 6.94. The van der Waals surface area contributed by atoms with Crippen LogP contribution < -0.4 is 11.5 Å². The zero-order valence-electron chi connectivity index (χ0n) is 9.74. The van der Waals surface area contributed by atoms with Crippen molar-refractivity contribution >= 4 is 48.3 Å². The lowest BCUT2D eigenvalue weighted by molar-refractivity contribution is 1.63. The van der Waals surface area contributed by atoms with Gasteiger partial charge < -0.3 is 11.5 Å². The van der Waals surface area contributed by atoms with Gasteiger partial charge in [0.2, 0.25) is 0 Å². The number of halogens is 2. The van der Waals surface area contributed by atoms with Crippen molar-refractivity contribution in [3.63, 3.8) is 0 Å². The quantitative estimate of drug-likeness (QED) is 0.649. The average molecular weight is 283 g/mol. The Hall–Kier alpha value is -1.64. The highest BCUT2D eigenvalue weighted by Gasteiger charge is 1.89. The Morgan fingerprint density at radius 1 is 0.556 bits per heavy atom. The van der Waals surface area contributed by atoms with E-state index in [4.69, 9.17) is 11.5 Å². The summed E-state index contributed by atoms with van der Waals surface area (Å²) in [4.78, 5) is 0. The lowest BCUT2D eigenvalue weighted by Gasteiger charge is -1.96. The van der Waals surface area contributed by atoms with E-state index in [-0.39, 0.29) is 24.8 Å². The van der Waals surface area contributed by atoms with Crippen molar-refractivity contribution in [2.24, 2.45) is 0 Å². The fourth-order valence-electron chi connectivity index (χ4n) is 1.41. The fourth-order valence-corrected chi connectivity index (χ4v) is 1.41. The van der Waals surface area contributed by atoms with E-state index in [0.717, 1.165) is 22.5 Å². The third-order valence-electron chi connectivity index (χ3n) is 2.34. The molecule has 0 unspecified atom stereocenters. The van der Waals surface area contributed by atoms with E-state index in [0.29, 0.717) is 0 Å². The molecule has 0 amide bonds. The first-order valence-corrected chi connectivity index (χ1v) is 5.13. The largest absolute Gasteiger partial charge is 0.399 e. The van der Waals surface area contributed by atoms with E-state index in [9.17, 15) is 0 Å². The van der Waals surface area contributed by atoms with Crippen LogP contribution in [-0.4, -0.2) is 0 Å². The molecule has 0 spiro atoms. The van der Waals surface area contributed by atoms with Gasteiger partial charge in [0.1, 0.15) is 0 Å². The van der Waals surface area contributed by atoms with Gasteiger partial charge in [-0.3, -0.25) is 0 Å². The monoisotopic (exact) mass is 282 g/mol. The summed E-state index contributed by atoms with van der Waals surface area (Å²) in [5.74, 6) is 0. The molecule has 0 aromatic heterocycles. The van der Waals surface area contributed by atoms with Crippen LogP contribution in [0.4, 0.5) is 11.4 Å². The zero-order chi connectivity index (χ0) is 11.4. The Labute approximate surface area is 120 Å². The first-order valence-electron chi connectivity index (χ1n) is 5.13. The summed E-state index contributed by atoms with van der Waals surface area (Å²) < 4.78 is 0. The molecule has 0 atom stereocenters. The van der Waals surface area contributed by atoms with Crippen LogP contribution in [-0.2, 0) is 0 Å². The molecule has 2 nitrogen and oxygen atoms in total. The lowest BCUT2D eigenvalue weighted by atomic mass is 10.1. The molecule has 0 radical (unpaired) electrons. The molecule has 2 rings (SSSR count). The van der Waals surface area contributed by atoms with E-state index in [1.54, 1.807) is 0 Å². The van der Waals surface area contributed by atoms with Gasteiger partial charge in [0.05, 0.1) is 0 Å². The summed E-state index contributed by atoms with van der Waals surface area (Å²) in [6.07, 6.45) is 4.09. The van der Waals surface area contributed by atoms with Crippen molar-refractivity contribution in [2.75, 3.05) is 11.5 Å². The van der Waals surface area contributed by atoms with Crippen LogP contribution in [0.3, 0.4) is 0 Å². The minimum Gasteiger partial charge on any atom is -0.399 e. The number of rotatable bonds is 2. The average Bonchev–Trinajstić information content (AvgIpc) is 2.30. The van der Waals surface area contributed by atoms with Crippen molar-refractivity contribution in [3.05, 3.63) is 59.7 Å². The third-order valence-corrected chi connectivity index (χ3v) is 2.34. The van der Waals surface area contributed by atoms with Gasteiger partial charge in [0.25, 0.3) is 0 Å². The van der Waals surface area contributed by atoms with Crippen LogP contribution in [0.1, 0.15) is 11.1 Å². The second kappa shape index (κ2) is 7.64. The van der Waals surface area contributed by atoms with Crippen LogP contribution >= 0.6 is 24.8 Å². The number of hydrogen-bond donors (Lipinski definition) is 2. The number of nitrogen functional groups attached to an aromatic ring is 2. The molecule has 0 fully saturated rings. The van der Waals surface area contributed by atoms with Crippen LogP contribution in [0.5, 0.6) is 0 Å². The normalized spacial score (nSPS) is 9.56. The maximum Gasteiger partial charge on any atom is 0.0314 e. The highest BCUT2D eigenvalue weighted by molar-refractivity contribution is 5.85. The number of nitrogens with two attached hydrogens (primary N) is 2. The van der Waals surface area contributed by atoms with Gasteiger partial charge in [-0.25, -0.2) is 0 Å². The molecule has 2 aromatic rings. The summed E-state index contributed by atoms with van der Waals surface area (Å²) in [6.45, 7) is 0. The van der Waals surface area contributed by atoms with Crippen LogP contribution in [0.15, 0.2) is 48.5 Å². The van der Waals surface area contributed by atoms with E-state index in [1.807, 2.05) is 60.7 Å². The Morgan fingerprint density at radius 3 is 1.11 bits per heavy atom. The topological polar surface area (TPSA) is 52.0 Å². The molecular formula is C14H16Cl2N2. The van der Waals surface area contributed by atoms with E-state index < -0.39 is 0 Å². The molecule has 4 N–H and O–H groups in total. The standard InChI is InChI=1S/C14H14N2.2ClH/c15-13-7-3-11(4-8-13)1-2-12-5-9-14(16)10-6-12;;/h1-10H,15-16H2;2*1H/b2-1-;;. The fraction of sp³-hybridized carbons (Fsp3) is 0. The Bertz CT molecular complexity index is 443. The smallest absolute Gasteiger partial charge is 0.0314 e. The number of anilines is 2. The van der Waals surface area contributed by atoms with Crippen molar-refractivity contribution in [3.8, 4) is 0 Å². The molecule has 4 heteroatoms. The third kappa shape index (κ3) is 4.70. The summed E-state index contributed by atoms with van der Waals surface area (Å²) in [5, 5.41) is 0. The zero-order valence-corrected chi connectivity index (χ0v) is 11.4. The number of hydrogen-bond acceptors (Lipinski definition) is 2. The molecule has 0 aliphatic rings. The van der Waals surface area contributed by atoms with Gasteiger partial charge in [0, 0.05) is 11.4 Å². The van der Waals surface area contributed by atoms with Gasteiger partial charge in [-0.15, -0.1) is 24.8 Å². The van der Waals surface area contributed by atoms with Crippen molar-refractivity contribution < 1.29 is 0 Å². The molecule has 0 aliphatic carbocycles. The molecule has 96 valence electrons. The summed E-state index contributed by atoms with van der Waals surface area (Å²) in [6, 6.07) is 15.5. The van der Waals surface area contributed by atoms with Gasteiger partial charge >= 0.3 is 0 Å². The van der Waals surface area contributed by atoms with Crippen LogP contribution in [0, 0.1) is 0 Å². The summed E-state index contributed by atoms with van der Waals surface area (Å²) in [7, 11) is 0. The first-order chi connectivity index (χ1) is 7.74. The number of benzene rings is 2. The maximum atomic E-state index is 5.61. The van der Waals surface area contributed by atoms with E-state index in [1.165, 1.54) is 0 Å². The summed E-state index contributed by atoms with van der Waals surface area (Å²) >= 11 is 0. The van der Waals surface area contributed by atoms with Gasteiger partial charge in [0.15, 0.2) is 0 Å². The Balaban J connectivity index is 0.00000144. The lowest BCUT2D eigenvalue weighted by Crippen LogP contribution is -1.83. The van der Waals surface area contributed by atoms with E-state index >= 15 is 0 Å². The Morgan fingerprint density at radius 2 is 0.833 bits per heavy atom. The van der Waals surface area contributed by atoms with E-state index in [2.05, 4.69) is 0 Å². The minimum absolute atomic E-state index is 0. The second-order valence-electron chi connectivity index (χ2n) is 3.67. The predicted octanol–water partition coefficient (Wildman–Crippen LogP) is 3.87. The highest BCUT2D eigenvalue weighted by atomic mass is 35.5. The molecule has 0 saturated carbocycles. The van der Waals surface area contributed by atoms with Gasteiger partial charge in [-0.2, -0.15) is 0 Å². The molecule has 0 aliphatic heterocycles. The van der Waals surface area contributed by atoms with Gasteiger partial charge in [-0.05, 0) is 35.4 Å². The molecular weight excluding hydrogens is 267 g/mol. The summed E-state index contributed by atoms with van der Waals surface area (Å²) in [5.41, 5.74) is 15.1. The SMILES string of the molecule is Cl.Cl.Nc1ccc(/C=C\c2ccc(N)cc2)cc1. The van der Waals surface area contributed by atoms with Crippen molar-refractivity contribution in [1.82, 2.24) is 0 Å². The predicted molar refractivity (Wildman–Crippen MR) is 85.1 cm³/mol. The minimum atomic E-state index is 0.